The van der Waals surface area contributed by atoms with E-state index in [2.05, 4.69) is 43.4 Å². The Morgan fingerprint density at radius 2 is 2.20 bits per heavy atom. The third kappa shape index (κ3) is 1.93. The molecule has 2 N–H and O–H groups in total. The Balaban J connectivity index is 1.64. The predicted molar refractivity (Wildman–Crippen MR) is 75.1 cm³/mol. The number of tetrazole rings is 1. The standard InChI is InChI=1S/C13H13N7/c1-2-9-8-10(3-4-11(9)14-7-1)15-12-5-6-13-16-18-19-20(13)17-12/h3-6,8,14H,1-2,7H2,(H,15,17). The second kappa shape index (κ2) is 4.44. The third-order valence-corrected chi connectivity index (χ3v) is 3.39. The largest absolute Gasteiger partial charge is 0.385 e. The van der Waals surface area contributed by atoms with E-state index in [4.69, 9.17) is 0 Å². The fraction of sp³-hybridized carbons (Fsp3) is 0.231. The van der Waals surface area contributed by atoms with Gasteiger partial charge >= 0.3 is 0 Å². The summed E-state index contributed by atoms with van der Waals surface area (Å²) in [5.41, 5.74) is 4.22. The van der Waals surface area contributed by atoms with E-state index in [-0.39, 0.29) is 0 Å². The van der Waals surface area contributed by atoms with Crippen molar-refractivity contribution in [2.75, 3.05) is 17.2 Å². The molecule has 4 rings (SSSR count). The Morgan fingerprint density at radius 3 is 3.20 bits per heavy atom. The summed E-state index contributed by atoms with van der Waals surface area (Å²) in [4.78, 5) is 0. The van der Waals surface area contributed by atoms with Crippen LogP contribution in [0.1, 0.15) is 12.0 Å². The maximum absolute atomic E-state index is 4.30. The molecule has 1 aliphatic heterocycles. The van der Waals surface area contributed by atoms with Crippen LogP contribution in [0.4, 0.5) is 17.2 Å². The average molecular weight is 267 g/mol. The van der Waals surface area contributed by atoms with Gasteiger partial charge in [-0.1, -0.05) is 0 Å². The number of nitrogens with one attached hydrogen (secondary N) is 2. The third-order valence-electron chi connectivity index (χ3n) is 3.39. The van der Waals surface area contributed by atoms with E-state index in [0.29, 0.717) is 11.5 Å². The molecule has 3 heterocycles. The molecular weight excluding hydrogens is 254 g/mol. The van der Waals surface area contributed by atoms with Crippen LogP contribution in [0.25, 0.3) is 5.65 Å². The van der Waals surface area contributed by atoms with Crippen LogP contribution in [-0.2, 0) is 6.42 Å². The summed E-state index contributed by atoms with van der Waals surface area (Å²) in [6.07, 6.45) is 2.28. The van der Waals surface area contributed by atoms with E-state index in [9.17, 15) is 0 Å². The Kier molecular flexibility index (Phi) is 2.48. The quantitative estimate of drug-likeness (QED) is 0.734. The van der Waals surface area contributed by atoms with Crippen LogP contribution in [0.15, 0.2) is 30.3 Å². The fourth-order valence-electron chi connectivity index (χ4n) is 2.42. The van der Waals surface area contributed by atoms with Crippen molar-refractivity contribution in [3.05, 3.63) is 35.9 Å². The van der Waals surface area contributed by atoms with Crippen LogP contribution in [0.5, 0.6) is 0 Å². The second-order valence-electron chi connectivity index (χ2n) is 4.77. The SMILES string of the molecule is c1cc2c(cc1Nc1ccc3nnnn3n1)CCCN2. The molecule has 20 heavy (non-hydrogen) atoms. The molecule has 0 aliphatic carbocycles. The molecule has 7 nitrogen and oxygen atoms in total. The van der Waals surface area contributed by atoms with Gasteiger partial charge in [0.05, 0.1) is 0 Å². The van der Waals surface area contributed by atoms with Crippen molar-refractivity contribution in [1.29, 1.82) is 0 Å². The molecule has 0 unspecified atom stereocenters. The number of fused-ring (bicyclic) bond motifs is 2. The molecule has 1 aromatic carbocycles. The van der Waals surface area contributed by atoms with E-state index < -0.39 is 0 Å². The van der Waals surface area contributed by atoms with Crippen LogP contribution in [0.2, 0.25) is 0 Å². The topological polar surface area (TPSA) is 80.0 Å². The Labute approximate surface area is 115 Å². The molecule has 0 atom stereocenters. The number of aromatic nitrogens is 5. The van der Waals surface area contributed by atoms with E-state index in [1.807, 2.05) is 18.2 Å². The lowest BCUT2D eigenvalue weighted by molar-refractivity contribution is 0.736. The van der Waals surface area contributed by atoms with Gasteiger partial charge in [-0.25, -0.2) is 0 Å². The van der Waals surface area contributed by atoms with E-state index in [0.717, 1.165) is 18.7 Å². The van der Waals surface area contributed by atoms with Crippen LogP contribution in [0.3, 0.4) is 0 Å². The molecule has 2 aromatic heterocycles. The van der Waals surface area contributed by atoms with Crippen molar-refractivity contribution >= 4 is 22.8 Å². The normalized spacial score (nSPS) is 13.8. The summed E-state index contributed by atoms with van der Waals surface area (Å²) in [7, 11) is 0. The van der Waals surface area contributed by atoms with Gasteiger partial charge in [0.25, 0.3) is 0 Å². The minimum absolute atomic E-state index is 0.630. The van der Waals surface area contributed by atoms with Crippen molar-refractivity contribution < 1.29 is 0 Å². The number of aryl methyl sites for hydroxylation is 1. The maximum atomic E-state index is 4.30. The molecular formula is C13H13N7. The van der Waals surface area contributed by atoms with E-state index in [1.165, 1.54) is 22.3 Å². The van der Waals surface area contributed by atoms with Gasteiger partial charge in [-0.2, -0.15) is 0 Å². The summed E-state index contributed by atoms with van der Waals surface area (Å²) in [5, 5.41) is 22.2. The lowest BCUT2D eigenvalue weighted by Crippen LogP contribution is -2.11. The highest BCUT2D eigenvalue weighted by Gasteiger charge is 2.09. The minimum atomic E-state index is 0.630. The van der Waals surface area contributed by atoms with Crippen molar-refractivity contribution in [2.45, 2.75) is 12.8 Å². The zero-order chi connectivity index (χ0) is 13.4. The lowest BCUT2D eigenvalue weighted by Gasteiger charge is -2.18. The van der Waals surface area contributed by atoms with Crippen LogP contribution in [-0.4, -0.2) is 31.8 Å². The van der Waals surface area contributed by atoms with E-state index >= 15 is 0 Å². The average Bonchev–Trinajstić information content (AvgIpc) is 2.95. The number of nitrogens with zero attached hydrogens (tertiary/aromatic N) is 5. The summed E-state index contributed by atoms with van der Waals surface area (Å²) in [6, 6.07) is 10.0. The first kappa shape index (κ1) is 11.2. The first-order valence-corrected chi connectivity index (χ1v) is 6.58. The molecule has 0 radical (unpaired) electrons. The number of rotatable bonds is 2. The number of anilines is 3. The van der Waals surface area contributed by atoms with E-state index in [1.54, 1.807) is 0 Å². The lowest BCUT2D eigenvalue weighted by atomic mass is 10.0. The first-order valence-electron chi connectivity index (χ1n) is 6.58. The number of benzene rings is 1. The smallest absolute Gasteiger partial charge is 0.200 e. The molecule has 1 aliphatic rings. The summed E-state index contributed by atoms with van der Waals surface area (Å²) >= 11 is 0. The van der Waals surface area contributed by atoms with Crippen molar-refractivity contribution in [1.82, 2.24) is 25.3 Å². The Bertz CT molecular complexity index is 764. The summed E-state index contributed by atoms with van der Waals surface area (Å²) in [6.45, 7) is 1.05. The van der Waals surface area contributed by atoms with Crippen LogP contribution < -0.4 is 10.6 Å². The molecule has 0 saturated heterocycles. The monoisotopic (exact) mass is 267 g/mol. The van der Waals surface area contributed by atoms with Gasteiger partial charge in [0.2, 0.25) is 0 Å². The molecule has 0 amide bonds. The molecule has 0 spiro atoms. The maximum Gasteiger partial charge on any atom is 0.200 e. The highest BCUT2D eigenvalue weighted by molar-refractivity contribution is 5.64. The van der Waals surface area contributed by atoms with Gasteiger partial charge in [-0.15, -0.1) is 14.8 Å². The molecule has 7 heteroatoms. The van der Waals surface area contributed by atoms with Gasteiger partial charge in [-0.3, -0.25) is 0 Å². The minimum Gasteiger partial charge on any atom is -0.385 e. The second-order valence-corrected chi connectivity index (χ2v) is 4.77. The zero-order valence-corrected chi connectivity index (χ0v) is 10.7. The van der Waals surface area contributed by atoms with Gasteiger partial charge in [0.1, 0.15) is 0 Å². The van der Waals surface area contributed by atoms with Gasteiger partial charge in [-0.05, 0) is 59.2 Å². The van der Waals surface area contributed by atoms with Crippen LogP contribution >= 0.6 is 0 Å². The molecule has 100 valence electrons. The molecule has 0 saturated carbocycles. The Hall–Kier alpha value is -2.70. The molecule has 3 aromatic rings. The van der Waals surface area contributed by atoms with Crippen molar-refractivity contribution in [3.8, 4) is 0 Å². The fourth-order valence-corrected chi connectivity index (χ4v) is 2.42. The zero-order valence-electron chi connectivity index (χ0n) is 10.7. The van der Waals surface area contributed by atoms with Crippen LogP contribution in [0, 0.1) is 0 Å². The molecule has 0 fully saturated rings. The number of hydrogen-bond acceptors (Lipinski definition) is 6. The summed E-state index contributed by atoms with van der Waals surface area (Å²) in [5.74, 6) is 0.716. The first-order chi connectivity index (χ1) is 9.88. The van der Waals surface area contributed by atoms with Crippen molar-refractivity contribution in [3.63, 3.8) is 0 Å². The highest BCUT2D eigenvalue weighted by atomic mass is 15.6. The van der Waals surface area contributed by atoms with Crippen molar-refractivity contribution in [2.24, 2.45) is 0 Å². The van der Waals surface area contributed by atoms with Gasteiger partial charge in [0, 0.05) is 17.9 Å². The highest BCUT2D eigenvalue weighted by Crippen LogP contribution is 2.26. The van der Waals surface area contributed by atoms with Gasteiger partial charge in [0.15, 0.2) is 11.5 Å². The Morgan fingerprint density at radius 1 is 1.20 bits per heavy atom. The number of hydrogen-bond donors (Lipinski definition) is 2. The molecule has 0 bridgehead atoms. The van der Waals surface area contributed by atoms with Gasteiger partial charge < -0.3 is 10.6 Å². The summed E-state index contributed by atoms with van der Waals surface area (Å²) < 4.78 is 1.41. The predicted octanol–water partition coefficient (Wildman–Crippen LogP) is 1.62.